The molecule has 0 unspecified atom stereocenters. The number of rotatable bonds is 5. The van der Waals surface area contributed by atoms with Crippen molar-refractivity contribution in [2.45, 2.75) is 36.4 Å². The van der Waals surface area contributed by atoms with E-state index in [0.29, 0.717) is 33.9 Å². The summed E-state index contributed by atoms with van der Waals surface area (Å²) in [4.78, 5) is 17.7. The number of thioether (sulfide) groups is 1. The molecule has 1 aliphatic heterocycles. The van der Waals surface area contributed by atoms with Crippen molar-refractivity contribution in [1.82, 2.24) is 9.55 Å². The molecule has 1 aromatic heterocycles. The molecule has 1 aliphatic rings. The van der Waals surface area contributed by atoms with Crippen LogP contribution >= 0.6 is 11.8 Å². The van der Waals surface area contributed by atoms with E-state index in [2.05, 4.69) is 4.98 Å². The predicted octanol–water partition coefficient (Wildman–Crippen LogP) is 4.01. The summed E-state index contributed by atoms with van der Waals surface area (Å²) in [6, 6.07) is 14.0. The number of halogens is 1. The highest BCUT2D eigenvalue weighted by atomic mass is 32.2. The zero-order valence-corrected chi connectivity index (χ0v) is 15.0. The van der Waals surface area contributed by atoms with Gasteiger partial charge < -0.3 is 4.74 Å². The van der Waals surface area contributed by atoms with Gasteiger partial charge in [0.25, 0.3) is 5.56 Å². The van der Waals surface area contributed by atoms with Crippen molar-refractivity contribution in [3.63, 3.8) is 0 Å². The maximum absolute atomic E-state index is 13.9. The first-order valence-electron chi connectivity index (χ1n) is 8.70. The lowest BCUT2D eigenvalue weighted by molar-refractivity contribution is 0.0937. The van der Waals surface area contributed by atoms with E-state index in [-0.39, 0.29) is 17.5 Å². The first-order chi connectivity index (χ1) is 12.7. The fourth-order valence-corrected chi connectivity index (χ4v) is 4.16. The highest BCUT2D eigenvalue weighted by Crippen LogP contribution is 2.25. The van der Waals surface area contributed by atoms with Gasteiger partial charge in [0.1, 0.15) is 5.82 Å². The van der Waals surface area contributed by atoms with Crippen molar-refractivity contribution in [1.29, 1.82) is 0 Å². The number of nitrogens with zero attached hydrogens (tertiary/aromatic N) is 2. The quantitative estimate of drug-likeness (QED) is 0.503. The number of hydrogen-bond donors (Lipinski definition) is 0. The van der Waals surface area contributed by atoms with Gasteiger partial charge in [-0.05, 0) is 36.6 Å². The second-order valence-electron chi connectivity index (χ2n) is 6.34. The van der Waals surface area contributed by atoms with E-state index in [1.807, 2.05) is 24.3 Å². The van der Waals surface area contributed by atoms with Crippen LogP contribution in [0.25, 0.3) is 10.9 Å². The highest BCUT2D eigenvalue weighted by Gasteiger charge is 2.20. The Morgan fingerprint density at radius 1 is 1.19 bits per heavy atom. The highest BCUT2D eigenvalue weighted by molar-refractivity contribution is 7.98. The lowest BCUT2D eigenvalue weighted by Crippen LogP contribution is -2.28. The van der Waals surface area contributed by atoms with Crippen LogP contribution in [0.2, 0.25) is 0 Å². The van der Waals surface area contributed by atoms with Crippen LogP contribution in [0.4, 0.5) is 4.39 Å². The maximum atomic E-state index is 13.9. The molecule has 0 radical (unpaired) electrons. The summed E-state index contributed by atoms with van der Waals surface area (Å²) in [5.41, 5.74) is 1.20. The zero-order valence-electron chi connectivity index (χ0n) is 14.2. The Labute approximate surface area is 155 Å². The van der Waals surface area contributed by atoms with Crippen molar-refractivity contribution >= 4 is 22.7 Å². The van der Waals surface area contributed by atoms with Crippen molar-refractivity contribution < 1.29 is 9.13 Å². The Hall–Kier alpha value is -2.18. The summed E-state index contributed by atoms with van der Waals surface area (Å²) in [7, 11) is 0. The second kappa shape index (κ2) is 7.60. The van der Waals surface area contributed by atoms with Gasteiger partial charge in [-0.25, -0.2) is 9.37 Å². The van der Waals surface area contributed by atoms with E-state index in [1.54, 1.807) is 22.8 Å². The van der Waals surface area contributed by atoms with Gasteiger partial charge in [-0.2, -0.15) is 0 Å². The van der Waals surface area contributed by atoms with Crippen LogP contribution in [0.5, 0.6) is 0 Å². The number of hydrogen-bond acceptors (Lipinski definition) is 4. The second-order valence-corrected chi connectivity index (χ2v) is 7.28. The van der Waals surface area contributed by atoms with Gasteiger partial charge in [0.15, 0.2) is 5.16 Å². The third-order valence-corrected chi connectivity index (χ3v) is 5.58. The standard InChI is InChI=1S/C20H19FN2O2S/c21-17-9-3-1-6-14(17)13-26-20-22-18-10-4-2-8-16(18)19(24)23(20)12-15-7-5-11-25-15/h1-4,6,8-10,15H,5,7,11-13H2/t15-/m1/s1. The molecule has 0 aliphatic carbocycles. The van der Waals surface area contributed by atoms with Crippen LogP contribution in [-0.2, 0) is 17.0 Å². The van der Waals surface area contributed by atoms with Gasteiger partial charge in [0, 0.05) is 12.4 Å². The fourth-order valence-electron chi connectivity index (χ4n) is 3.17. The van der Waals surface area contributed by atoms with Crippen molar-refractivity contribution in [2.24, 2.45) is 0 Å². The Morgan fingerprint density at radius 2 is 2.00 bits per heavy atom. The zero-order chi connectivity index (χ0) is 17.9. The molecule has 2 heterocycles. The third-order valence-electron chi connectivity index (χ3n) is 4.55. The number of fused-ring (bicyclic) bond motifs is 1. The normalized spacial score (nSPS) is 17.0. The molecule has 0 saturated carbocycles. The van der Waals surface area contributed by atoms with Crippen LogP contribution in [0, 0.1) is 5.82 Å². The Kier molecular flexibility index (Phi) is 5.04. The number of aromatic nitrogens is 2. The molecule has 3 aromatic rings. The van der Waals surface area contributed by atoms with Crippen molar-refractivity contribution in [3.8, 4) is 0 Å². The Morgan fingerprint density at radius 3 is 2.81 bits per heavy atom. The lowest BCUT2D eigenvalue weighted by atomic mass is 10.2. The lowest BCUT2D eigenvalue weighted by Gasteiger charge is -2.16. The smallest absolute Gasteiger partial charge is 0.262 e. The van der Waals surface area contributed by atoms with Crippen LogP contribution in [0.1, 0.15) is 18.4 Å². The first kappa shape index (κ1) is 17.2. The van der Waals surface area contributed by atoms with E-state index >= 15 is 0 Å². The first-order valence-corrected chi connectivity index (χ1v) is 9.68. The fraction of sp³-hybridized carbons (Fsp3) is 0.300. The summed E-state index contributed by atoms with van der Waals surface area (Å²) >= 11 is 1.38. The Bertz CT molecular complexity index is 983. The molecular formula is C20H19FN2O2S. The van der Waals surface area contributed by atoms with Crippen molar-refractivity contribution in [3.05, 3.63) is 70.3 Å². The van der Waals surface area contributed by atoms with Gasteiger partial charge >= 0.3 is 0 Å². The average molecular weight is 370 g/mol. The summed E-state index contributed by atoms with van der Waals surface area (Å²) in [6.07, 6.45) is 1.98. The molecule has 0 bridgehead atoms. The topological polar surface area (TPSA) is 44.1 Å². The van der Waals surface area contributed by atoms with Gasteiger partial charge in [-0.15, -0.1) is 0 Å². The molecule has 4 rings (SSSR count). The molecule has 134 valence electrons. The molecule has 0 spiro atoms. The molecule has 1 fully saturated rings. The molecule has 2 aromatic carbocycles. The van der Waals surface area contributed by atoms with Crippen LogP contribution in [0.3, 0.4) is 0 Å². The summed E-state index contributed by atoms with van der Waals surface area (Å²) < 4.78 is 21.3. The van der Waals surface area contributed by atoms with Crippen LogP contribution in [0.15, 0.2) is 58.5 Å². The summed E-state index contributed by atoms with van der Waals surface area (Å²) in [6.45, 7) is 1.22. The monoisotopic (exact) mass is 370 g/mol. The Balaban J connectivity index is 1.71. The molecule has 26 heavy (non-hydrogen) atoms. The van der Waals surface area contributed by atoms with Crippen LogP contribution in [-0.4, -0.2) is 22.3 Å². The average Bonchev–Trinajstić information content (AvgIpc) is 3.17. The minimum Gasteiger partial charge on any atom is -0.376 e. The van der Waals surface area contributed by atoms with Crippen molar-refractivity contribution in [2.75, 3.05) is 6.61 Å². The minimum atomic E-state index is -0.242. The molecule has 1 atom stereocenters. The van der Waals surface area contributed by atoms with Crippen LogP contribution < -0.4 is 5.56 Å². The van der Waals surface area contributed by atoms with Gasteiger partial charge in [-0.1, -0.05) is 42.1 Å². The van der Waals surface area contributed by atoms with Gasteiger partial charge in [-0.3, -0.25) is 9.36 Å². The number of ether oxygens (including phenoxy) is 1. The summed E-state index contributed by atoms with van der Waals surface area (Å²) in [5, 5.41) is 1.20. The molecule has 0 amide bonds. The molecule has 1 saturated heterocycles. The van der Waals surface area contributed by atoms with Gasteiger partial charge in [0.2, 0.25) is 0 Å². The number of benzene rings is 2. The van der Waals surface area contributed by atoms with E-state index in [0.717, 1.165) is 19.4 Å². The van der Waals surface area contributed by atoms with E-state index in [1.165, 1.54) is 17.8 Å². The summed E-state index contributed by atoms with van der Waals surface area (Å²) in [5.74, 6) is 0.178. The maximum Gasteiger partial charge on any atom is 0.262 e. The third kappa shape index (κ3) is 3.52. The largest absolute Gasteiger partial charge is 0.376 e. The molecule has 6 heteroatoms. The SMILES string of the molecule is O=c1c2ccccc2nc(SCc2ccccc2F)n1C[C@H]1CCCO1. The van der Waals surface area contributed by atoms with E-state index in [4.69, 9.17) is 4.74 Å². The molecule has 4 nitrogen and oxygen atoms in total. The van der Waals surface area contributed by atoms with E-state index < -0.39 is 0 Å². The van der Waals surface area contributed by atoms with Gasteiger partial charge in [0.05, 0.1) is 23.6 Å². The predicted molar refractivity (Wildman–Crippen MR) is 101 cm³/mol. The number of para-hydroxylation sites is 1. The minimum absolute atomic E-state index is 0.0310. The molecular weight excluding hydrogens is 351 g/mol. The molecule has 0 N–H and O–H groups in total. The van der Waals surface area contributed by atoms with E-state index in [9.17, 15) is 9.18 Å².